The number of nitrogens with two attached hydrogens (primary N) is 1. The van der Waals surface area contributed by atoms with Crippen molar-refractivity contribution in [3.63, 3.8) is 0 Å². The highest BCUT2D eigenvalue weighted by Gasteiger charge is 2.71. The number of aliphatic hydroxyl groups excluding tert-OH is 2. The Kier molecular flexibility index (Phi) is 6.60. The Balaban J connectivity index is 1.51. The van der Waals surface area contributed by atoms with Crippen LogP contribution in [-0.4, -0.2) is 65.7 Å². The summed E-state index contributed by atoms with van der Waals surface area (Å²) in [5, 5.41) is 21.7. The third-order valence-corrected chi connectivity index (χ3v) is 10.1. The summed E-state index contributed by atoms with van der Waals surface area (Å²) in [4.78, 5) is 12.4. The molecule has 0 spiro atoms. The molecule has 2 aliphatic rings. The summed E-state index contributed by atoms with van der Waals surface area (Å²) in [6.07, 6.45) is 3.16. The Morgan fingerprint density at radius 1 is 1.45 bits per heavy atom. The minimum absolute atomic E-state index is 0.0119. The van der Waals surface area contributed by atoms with Gasteiger partial charge in [0.2, 0.25) is 5.28 Å². The van der Waals surface area contributed by atoms with Gasteiger partial charge in [0.05, 0.1) is 24.1 Å². The largest absolute Gasteiger partial charge is 0.390 e. The molecule has 0 saturated heterocycles. The fraction of sp³-hybridized carbons (Fsp3) is 0.722. The quantitative estimate of drug-likeness (QED) is 0.201. The lowest BCUT2D eigenvalue weighted by molar-refractivity contribution is -0.0137. The number of hydrogen-bond acceptors (Lipinski definition) is 10. The minimum Gasteiger partial charge on any atom is -0.390 e. The molecule has 2 aromatic rings. The van der Waals surface area contributed by atoms with Gasteiger partial charge in [-0.05, 0) is 50.5 Å². The lowest BCUT2D eigenvalue weighted by atomic mass is 10.0. The Morgan fingerprint density at radius 2 is 2.19 bits per heavy atom. The van der Waals surface area contributed by atoms with Crippen LogP contribution in [-0.2, 0) is 9.09 Å². The van der Waals surface area contributed by atoms with Crippen molar-refractivity contribution >= 4 is 58.2 Å². The van der Waals surface area contributed by atoms with E-state index in [9.17, 15) is 14.8 Å². The van der Waals surface area contributed by atoms with Gasteiger partial charge in [-0.15, -0.1) is 0 Å². The maximum atomic E-state index is 12.9. The monoisotopic (exact) mass is 507 g/mol. The molecule has 31 heavy (non-hydrogen) atoms. The number of aliphatic hydroxyl groups is 2. The maximum Gasteiger partial charge on any atom is 0.226 e. The molecule has 0 radical (unpaired) electrons. The van der Waals surface area contributed by atoms with Crippen molar-refractivity contribution in [2.75, 3.05) is 23.9 Å². The molecular weight excluding hydrogens is 481 g/mol. The Morgan fingerprint density at radius 3 is 2.90 bits per heavy atom. The molecule has 172 valence electrons. The smallest absolute Gasteiger partial charge is 0.226 e. The lowest BCUT2D eigenvalue weighted by Gasteiger charge is -2.27. The number of nitrogens with zero attached hydrogens (tertiary/aromatic N) is 4. The molecule has 9 nitrogen and oxygen atoms in total. The third kappa shape index (κ3) is 4.35. The van der Waals surface area contributed by atoms with Crippen LogP contribution in [0.2, 0.25) is 5.28 Å². The van der Waals surface area contributed by atoms with Crippen molar-refractivity contribution < 1.29 is 19.3 Å². The molecule has 0 aromatic carbocycles. The highest BCUT2D eigenvalue weighted by molar-refractivity contribution is 8.76. The van der Waals surface area contributed by atoms with Gasteiger partial charge < -0.3 is 25.0 Å². The van der Waals surface area contributed by atoms with Crippen LogP contribution in [0.25, 0.3) is 11.2 Å². The second-order valence-electron chi connectivity index (χ2n) is 8.82. The van der Waals surface area contributed by atoms with Gasteiger partial charge in [-0.1, -0.05) is 21.6 Å². The molecule has 2 aromatic heterocycles. The van der Waals surface area contributed by atoms with Crippen LogP contribution >= 0.6 is 41.2 Å². The minimum atomic E-state index is -2.41. The summed E-state index contributed by atoms with van der Waals surface area (Å²) >= 11 is 5.96. The molecule has 13 heteroatoms. The summed E-state index contributed by atoms with van der Waals surface area (Å²) in [6.45, 7) is 3.87. The van der Waals surface area contributed by atoms with Crippen LogP contribution in [0.3, 0.4) is 0 Å². The predicted octanol–water partition coefficient (Wildman–Crippen LogP) is 3.02. The molecular formula is C18H27ClN5O4PS2. The van der Waals surface area contributed by atoms with Crippen molar-refractivity contribution in [2.45, 2.75) is 50.5 Å². The van der Waals surface area contributed by atoms with Crippen molar-refractivity contribution in [3.8, 4) is 0 Å². The molecule has 4 N–H and O–H groups in total. The normalized spacial score (nSPS) is 31.2. The summed E-state index contributed by atoms with van der Waals surface area (Å²) in [5.41, 5.74) is 5.55. The molecule has 0 aliphatic heterocycles. The first-order valence-corrected chi connectivity index (χ1v) is 14.6. The number of nitrogen functional groups attached to an aromatic ring is 1. The number of halogens is 1. The number of rotatable bonds is 9. The second kappa shape index (κ2) is 8.66. The van der Waals surface area contributed by atoms with Crippen LogP contribution in [0.15, 0.2) is 6.33 Å². The van der Waals surface area contributed by atoms with E-state index in [4.69, 9.17) is 21.9 Å². The van der Waals surface area contributed by atoms with Gasteiger partial charge in [0, 0.05) is 17.3 Å². The average molecular weight is 508 g/mol. The van der Waals surface area contributed by atoms with Crippen LogP contribution < -0.4 is 5.73 Å². The number of hydrogen-bond donors (Lipinski definition) is 3. The van der Waals surface area contributed by atoms with E-state index in [1.807, 2.05) is 20.1 Å². The predicted molar refractivity (Wildman–Crippen MR) is 126 cm³/mol. The zero-order valence-electron chi connectivity index (χ0n) is 17.5. The van der Waals surface area contributed by atoms with E-state index >= 15 is 0 Å². The standard InChI is InChI=1S/C18H27ClN5O4PS2/c1-17(2,4-5-31-30-3)28-29(27)7-18-6-9(18)11(12(25)13(18)26)24-8-21-10-14(20)22-16(19)23-15(10)24/h8-9,11-13,25-26,29H,4-7H2,1-3H3,(H2,20,22,23)/t9-,11-,12+,13+,18-/m1/s1. The van der Waals surface area contributed by atoms with Crippen molar-refractivity contribution in [1.82, 2.24) is 19.5 Å². The lowest BCUT2D eigenvalue weighted by Crippen LogP contribution is -2.35. The molecule has 1 unspecified atom stereocenters. The van der Waals surface area contributed by atoms with Crippen LogP contribution in [0.4, 0.5) is 5.82 Å². The molecule has 6 atom stereocenters. The Hall–Kier alpha value is -0.550. The average Bonchev–Trinajstić information content (AvgIpc) is 3.14. The number of fused-ring (bicyclic) bond motifs is 2. The Bertz CT molecular complexity index is 1010. The highest BCUT2D eigenvalue weighted by atomic mass is 35.5. The van der Waals surface area contributed by atoms with Crippen LogP contribution in [0, 0.1) is 11.3 Å². The second-order valence-corrected chi connectivity index (χ2v) is 13.1. The first kappa shape index (κ1) is 23.6. The first-order valence-electron chi connectivity index (χ1n) is 9.99. The summed E-state index contributed by atoms with van der Waals surface area (Å²) < 4.78 is 20.5. The topological polar surface area (TPSA) is 136 Å². The van der Waals surface area contributed by atoms with E-state index in [0.717, 1.165) is 12.2 Å². The zero-order valence-corrected chi connectivity index (χ0v) is 20.9. The number of imidazole rings is 1. The highest BCUT2D eigenvalue weighted by Crippen LogP contribution is 2.70. The van der Waals surface area contributed by atoms with E-state index in [1.165, 1.54) is 6.33 Å². The fourth-order valence-corrected chi connectivity index (χ4v) is 8.35. The molecule has 2 fully saturated rings. The van der Waals surface area contributed by atoms with Gasteiger partial charge in [0.1, 0.15) is 11.6 Å². The van der Waals surface area contributed by atoms with Crippen molar-refractivity contribution in [1.29, 1.82) is 0 Å². The zero-order chi connectivity index (χ0) is 22.6. The van der Waals surface area contributed by atoms with Gasteiger partial charge in [-0.2, -0.15) is 9.97 Å². The van der Waals surface area contributed by atoms with Crippen molar-refractivity contribution in [2.24, 2.45) is 11.3 Å². The van der Waals surface area contributed by atoms with Crippen molar-refractivity contribution in [3.05, 3.63) is 11.6 Å². The van der Waals surface area contributed by atoms with Gasteiger partial charge in [0.15, 0.2) is 19.5 Å². The first-order chi connectivity index (χ1) is 14.6. The van der Waals surface area contributed by atoms with Gasteiger partial charge >= 0.3 is 0 Å². The van der Waals surface area contributed by atoms with Gasteiger partial charge in [-0.3, -0.25) is 4.57 Å². The molecule has 0 bridgehead atoms. The summed E-state index contributed by atoms with van der Waals surface area (Å²) in [5.74, 6) is 0.989. The molecule has 2 saturated carbocycles. The molecule has 2 aliphatic carbocycles. The Labute approximate surface area is 194 Å². The number of anilines is 1. The van der Waals surface area contributed by atoms with Gasteiger partial charge in [-0.25, -0.2) is 4.98 Å². The summed E-state index contributed by atoms with van der Waals surface area (Å²) in [7, 11) is 1.02. The van der Waals surface area contributed by atoms with E-state index in [2.05, 4.69) is 15.0 Å². The SMILES string of the molecule is CSSCCC(C)(C)O[PH](=O)C[C@]12C[C@@H]1[C@@H](n1cnc3c(N)nc(Cl)nc31)[C@H](O)[C@@H]2O. The maximum absolute atomic E-state index is 12.9. The van der Waals surface area contributed by atoms with Gasteiger partial charge in [0.25, 0.3) is 0 Å². The molecule has 2 heterocycles. The van der Waals surface area contributed by atoms with E-state index in [0.29, 0.717) is 17.6 Å². The number of aromatic nitrogens is 4. The molecule has 0 amide bonds. The van der Waals surface area contributed by atoms with E-state index < -0.39 is 37.3 Å². The fourth-order valence-electron chi connectivity index (χ4n) is 4.75. The van der Waals surface area contributed by atoms with Crippen LogP contribution in [0.5, 0.6) is 0 Å². The molecule has 4 rings (SSSR count). The van der Waals surface area contributed by atoms with E-state index in [-0.39, 0.29) is 23.2 Å². The van der Waals surface area contributed by atoms with Crippen LogP contribution in [0.1, 0.15) is 32.7 Å². The third-order valence-electron chi connectivity index (χ3n) is 6.36. The summed E-state index contributed by atoms with van der Waals surface area (Å²) in [6, 6.07) is -0.467. The van der Waals surface area contributed by atoms with E-state index in [1.54, 1.807) is 26.2 Å².